The Morgan fingerprint density at radius 3 is 3.00 bits per heavy atom. The molecule has 0 spiro atoms. The van der Waals surface area contributed by atoms with Crippen molar-refractivity contribution in [2.75, 3.05) is 6.61 Å². The van der Waals surface area contributed by atoms with Crippen molar-refractivity contribution in [3.8, 4) is 0 Å². The van der Waals surface area contributed by atoms with E-state index < -0.39 is 12.0 Å². The summed E-state index contributed by atoms with van der Waals surface area (Å²) in [7, 11) is 0. The molecule has 44 valence electrons. The zero-order chi connectivity index (χ0) is 5.98. The fourth-order valence-corrected chi connectivity index (χ4v) is 0.429. The van der Waals surface area contributed by atoms with E-state index >= 15 is 0 Å². The van der Waals surface area contributed by atoms with E-state index in [4.69, 9.17) is 5.11 Å². The number of nitrogens with zero attached hydrogens (tertiary/aromatic N) is 1. The zero-order valence-electron chi connectivity index (χ0n) is 4.07. The van der Waals surface area contributed by atoms with Crippen LogP contribution >= 0.6 is 0 Å². The van der Waals surface area contributed by atoms with Gasteiger partial charge in [0.15, 0.2) is 12.4 Å². The molecule has 0 saturated heterocycles. The number of rotatable bonds is 1. The molecule has 4 nitrogen and oxygen atoms in total. The van der Waals surface area contributed by atoms with Crippen molar-refractivity contribution in [1.29, 1.82) is 0 Å². The summed E-state index contributed by atoms with van der Waals surface area (Å²) in [5.41, 5.74) is 0. The summed E-state index contributed by atoms with van der Waals surface area (Å²) in [6.07, 6.45) is 1.17. The molecule has 0 unspecified atom stereocenters. The van der Waals surface area contributed by atoms with Gasteiger partial charge in [-0.05, 0) is 0 Å². The molecule has 1 aliphatic rings. The van der Waals surface area contributed by atoms with Gasteiger partial charge in [-0.3, -0.25) is 0 Å². The van der Waals surface area contributed by atoms with Gasteiger partial charge in [0.05, 0.1) is 0 Å². The first-order chi connectivity index (χ1) is 3.80. The summed E-state index contributed by atoms with van der Waals surface area (Å²) in [4.78, 5) is 13.5. The van der Waals surface area contributed by atoms with Crippen LogP contribution in [0.1, 0.15) is 0 Å². The molecule has 0 fully saturated rings. The third-order valence-electron chi connectivity index (χ3n) is 0.854. The van der Waals surface area contributed by atoms with Crippen LogP contribution in [0.5, 0.6) is 0 Å². The monoisotopic (exact) mass is 115 g/mol. The van der Waals surface area contributed by atoms with E-state index in [-0.39, 0.29) is 6.61 Å². The minimum atomic E-state index is -0.932. The molecule has 0 radical (unpaired) electrons. The fraction of sp³-hybridized carbons (Fsp3) is 0.500. The first kappa shape index (κ1) is 5.08. The Bertz CT molecular complexity index is 131. The highest BCUT2D eigenvalue weighted by molar-refractivity contribution is 5.76. The Morgan fingerprint density at radius 2 is 2.75 bits per heavy atom. The van der Waals surface area contributed by atoms with Crippen molar-refractivity contribution in [1.82, 2.24) is 0 Å². The summed E-state index contributed by atoms with van der Waals surface area (Å²) in [6.45, 7) is 0.176. The van der Waals surface area contributed by atoms with Gasteiger partial charge in [-0.25, -0.2) is 9.79 Å². The molecule has 0 aromatic heterocycles. The van der Waals surface area contributed by atoms with Crippen molar-refractivity contribution in [2.45, 2.75) is 6.04 Å². The van der Waals surface area contributed by atoms with E-state index in [1.807, 2.05) is 0 Å². The molecule has 1 N–H and O–H groups in total. The van der Waals surface area contributed by atoms with E-state index in [0.29, 0.717) is 0 Å². The number of aliphatic imine (C=N–C) groups is 1. The van der Waals surface area contributed by atoms with E-state index in [1.165, 1.54) is 6.40 Å². The minimum absolute atomic E-state index is 0.176. The summed E-state index contributed by atoms with van der Waals surface area (Å²) >= 11 is 0. The molecule has 8 heavy (non-hydrogen) atoms. The Kier molecular flexibility index (Phi) is 1.15. The van der Waals surface area contributed by atoms with Gasteiger partial charge in [-0.2, -0.15) is 0 Å². The van der Waals surface area contributed by atoms with E-state index in [2.05, 4.69) is 9.73 Å². The van der Waals surface area contributed by atoms with Crippen LogP contribution in [0, 0.1) is 0 Å². The number of ether oxygens (including phenoxy) is 1. The third kappa shape index (κ3) is 0.776. The summed E-state index contributed by atoms with van der Waals surface area (Å²) in [6, 6.07) is -0.671. The maximum absolute atomic E-state index is 10.0. The molecule has 0 bridgehead atoms. The molecular formula is C4H5NO3. The van der Waals surface area contributed by atoms with Gasteiger partial charge in [0.2, 0.25) is 0 Å². The molecule has 1 heterocycles. The lowest BCUT2D eigenvalue weighted by atomic mass is 10.3. The van der Waals surface area contributed by atoms with Crippen LogP contribution in [-0.4, -0.2) is 30.1 Å². The smallest absolute Gasteiger partial charge is 0.332 e. The molecule has 0 aromatic carbocycles. The van der Waals surface area contributed by atoms with Crippen molar-refractivity contribution in [3.05, 3.63) is 0 Å². The quantitative estimate of drug-likeness (QED) is 0.501. The number of carboxylic acids is 1. The molecule has 0 amide bonds. The molecular weight excluding hydrogens is 110 g/mol. The van der Waals surface area contributed by atoms with Crippen LogP contribution in [0.2, 0.25) is 0 Å². The SMILES string of the molecule is O=C(O)[C@@H]1COC=N1. The van der Waals surface area contributed by atoms with Crippen LogP contribution in [0.15, 0.2) is 4.99 Å². The maximum Gasteiger partial charge on any atom is 0.332 e. The predicted octanol–water partition coefficient (Wildman–Crippen LogP) is -0.502. The highest BCUT2D eigenvalue weighted by Crippen LogP contribution is 1.96. The number of hydrogen-bond acceptors (Lipinski definition) is 3. The molecule has 1 aliphatic heterocycles. The number of hydrogen-bond donors (Lipinski definition) is 1. The number of aliphatic carboxylic acids is 1. The predicted molar refractivity (Wildman–Crippen MR) is 25.9 cm³/mol. The first-order valence-electron chi connectivity index (χ1n) is 2.17. The average molecular weight is 115 g/mol. The fourth-order valence-electron chi connectivity index (χ4n) is 0.429. The Hall–Kier alpha value is -1.06. The maximum atomic E-state index is 10.0. The Morgan fingerprint density at radius 1 is 2.00 bits per heavy atom. The van der Waals surface area contributed by atoms with E-state index in [0.717, 1.165) is 0 Å². The lowest BCUT2D eigenvalue weighted by Gasteiger charge is -1.93. The van der Waals surface area contributed by atoms with Crippen molar-refractivity contribution < 1.29 is 14.6 Å². The molecule has 0 aromatic rings. The zero-order valence-corrected chi connectivity index (χ0v) is 4.07. The highest BCUT2D eigenvalue weighted by Gasteiger charge is 2.18. The topological polar surface area (TPSA) is 58.9 Å². The summed E-state index contributed by atoms with van der Waals surface area (Å²) < 4.78 is 4.55. The van der Waals surface area contributed by atoms with Crippen LogP contribution in [0.25, 0.3) is 0 Å². The van der Waals surface area contributed by atoms with Crippen molar-refractivity contribution in [3.63, 3.8) is 0 Å². The molecule has 1 atom stereocenters. The lowest BCUT2D eigenvalue weighted by Crippen LogP contribution is -2.18. The van der Waals surface area contributed by atoms with Gasteiger partial charge in [0, 0.05) is 0 Å². The molecule has 0 saturated carbocycles. The molecule has 4 heteroatoms. The van der Waals surface area contributed by atoms with Crippen LogP contribution in [0.4, 0.5) is 0 Å². The highest BCUT2D eigenvalue weighted by atomic mass is 16.5. The summed E-state index contributed by atoms with van der Waals surface area (Å²) in [5, 5.41) is 8.22. The normalized spacial score (nSPS) is 25.2. The Labute approximate surface area is 45.8 Å². The first-order valence-corrected chi connectivity index (χ1v) is 2.17. The molecule has 1 rings (SSSR count). The van der Waals surface area contributed by atoms with Crippen molar-refractivity contribution >= 4 is 12.4 Å². The summed E-state index contributed by atoms with van der Waals surface area (Å²) in [5.74, 6) is -0.932. The third-order valence-corrected chi connectivity index (χ3v) is 0.854. The van der Waals surface area contributed by atoms with Crippen LogP contribution < -0.4 is 0 Å². The lowest BCUT2D eigenvalue weighted by molar-refractivity contribution is -0.138. The van der Waals surface area contributed by atoms with Gasteiger partial charge in [-0.15, -0.1) is 0 Å². The Balaban J connectivity index is 2.48. The van der Waals surface area contributed by atoms with Crippen LogP contribution in [0.3, 0.4) is 0 Å². The van der Waals surface area contributed by atoms with Gasteiger partial charge in [-0.1, -0.05) is 0 Å². The van der Waals surface area contributed by atoms with Gasteiger partial charge in [0.25, 0.3) is 0 Å². The molecule has 0 aliphatic carbocycles. The van der Waals surface area contributed by atoms with E-state index in [9.17, 15) is 4.79 Å². The number of carbonyl (C=O) groups is 1. The van der Waals surface area contributed by atoms with Gasteiger partial charge < -0.3 is 9.84 Å². The van der Waals surface area contributed by atoms with E-state index in [1.54, 1.807) is 0 Å². The van der Waals surface area contributed by atoms with Gasteiger partial charge >= 0.3 is 5.97 Å². The van der Waals surface area contributed by atoms with Gasteiger partial charge in [0.1, 0.15) is 6.61 Å². The second kappa shape index (κ2) is 1.81. The largest absolute Gasteiger partial charge is 0.481 e. The van der Waals surface area contributed by atoms with Crippen LogP contribution in [-0.2, 0) is 9.53 Å². The number of carboxylic acid groups (broad SMARTS) is 1. The second-order valence-corrected chi connectivity index (χ2v) is 1.44. The standard InChI is InChI=1S/C4H5NO3/c6-4(7)3-1-8-2-5-3/h2-3H,1H2,(H,6,7)/t3-/m0/s1. The minimum Gasteiger partial charge on any atom is -0.481 e. The second-order valence-electron chi connectivity index (χ2n) is 1.44. The van der Waals surface area contributed by atoms with Crippen molar-refractivity contribution in [2.24, 2.45) is 4.99 Å². The average Bonchev–Trinajstić information content (AvgIpc) is 2.12.